The Hall–Kier alpha value is -3.45. The normalized spacial score (nSPS) is 18.6. The lowest BCUT2D eigenvalue weighted by Gasteiger charge is -2.28. The van der Waals surface area contributed by atoms with E-state index in [4.69, 9.17) is 15.5 Å². The van der Waals surface area contributed by atoms with Gasteiger partial charge in [-0.1, -0.05) is 42.5 Å². The third kappa shape index (κ3) is 6.36. The van der Waals surface area contributed by atoms with Gasteiger partial charge in [0.1, 0.15) is 5.82 Å². The molecule has 0 bridgehead atoms. The summed E-state index contributed by atoms with van der Waals surface area (Å²) in [6, 6.07) is 17.0. The lowest BCUT2D eigenvalue weighted by atomic mass is 9.81. The highest BCUT2D eigenvalue weighted by Gasteiger charge is 2.28. The van der Waals surface area contributed by atoms with Crippen LogP contribution in [0, 0.1) is 11.8 Å². The first-order chi connectivity index (χ1) is 17.1. The molecular formula is C28H34N4O3. The molecule has 1 heterocycles. The first-order valence-electron chi connectivity index (χ1n) is 12.4. The number of esters is 1. The van der Waals surface area contributed by atoms with E-state index in [-0.39, 0.29) is 23.8 Å². The fourth-order valence-corrected chi connectivity index (χ4v) is 4.67. The molecule has 1 amide bonds. The summed E-state index contributed by atoms with van der Waals surface area (Å²) in [5.41, 5.74) is 9.08. The number of hydrogen-bond donors (Lipinski definition) is 3. The number of H-pyrrole nitrogens is 1. The molecule has 1 aromatic heterocycles. The zero-order chi connectivity index (χ0) is 24.6. The van der Waals surface area contributed by atoms with Gasteiger partial charge in [0.25, 0.3) is 0 Å². The van der Waals surface area contributed by atoms with Gasteiger partial charge in [0.05, 0.1) is 23.9 Å². The molecule has 0 spiro atoms. The van der Waals surface area contributed by atoms with Gasteiger partial charge in [0.2, 0.25) is 5.91 Å². The maximum atomic E-state index is 13.2. The minimum atomic E-state index is -0.340. The number of benzene rings is 2. The second-order valence-corrected chi connectivity index (χ2v) is 9.17. The van der Waals surface area contributed by atoms with E-state index in [0.717, 1.165) is 42.5 Å². The average molecular weight is 475 g/mol. The van der Waals surface area contributed by atoms with E-state index in [9.17, 15) is 9.59 Å². The Labute approximate surface area is 206 Å². The second kappa shape index (κ2) is 11.8. The maximum Gasteiger partial charge on any atom is 0.338 e. The molecule has 1 fully saturated rings. The number of imidazole rings is 1. The zero-order valence-electron chi connectivity index (χ0n) is 20.2. The van der Waals surface area contributed by atoms with Crippen molar-refractivity contribution >= 4 is 11.9 Å². The van der Waals surface area contributed by atoms with E-state index in [1.54, 1.807) is 19.1 Å². The first-order valence-corrected chi connectivity index (χ1v) is 12.4. The van der Waals surface area contributed by atoms with E-state index in [1.807, 2.05) is 36.5 Å². The van der Waals surface area contributed by atoms with Crippen molar-refractivity contribution in [3.05, 3.63) is 77.7 Å². The number of nitrogens with zero attached hydrogens (tertiary/aromatic N) is 1. The SMILES string of the molecule is CCOC(=O)c1ccc(-c2c[nH]c([C@H](Cc3ccccc3)NC(=O)C3CCC(CN)CC3)n2)cc1. The molecule has 0 aliphatic heterocycles. The highest BCUT2D eigenvalue weighted by atomic mass is 16.5. The van der Waals surface area contributed by atoms with Gasteiger partial charge in [0, 0.05) is 17.7 Å². The molecule has 1 aliphatic carbocycles. The third-order valence-corrected chi connectivity index (χ3v) is 6.77. The number of amides is 1. The van der Waals surface area contributed by atoms with Crippen LogP contribution >= 0.6 is 0 Å². The maximum absolute atomic E-state index is 13.2. The van der Waals surface area contributed by atoms with Crippen LogP contribution in [-0.2, 0) is 16.0 Å². The third-order valence-electron chi connectivity index (χ3n) is 6.77. The molecule has 4 N–H and O–H groups in total. The molecule has 2 aromatic carbocycles. The molecular weight excluding hydrogens is 440 g/mol. The van der Waals surface area contributed by atoms with Gasteiger partial charge in [-0.2, -0.15) is 0 Å². The van der Waals surface area contributed by atoms with Crippen molar-refractivity contribution in [3.63, 3.8) is 0 Å². The Kier molecular flexibility index (Phi) is 8.32. The van der Waals surface area contributed by atoms with Crippen LogP contribution in [0.25, 0.3) is 11.3 Å². The fourth-order valence-electron chi connectivity index (χ4n) is 4.67. The Balaban J connectivity index is 1.50. The quantitative estimate of drug-likeness (QED) is 0.398. The minimum Gasteiger partial charge on any atom is -0.462 e. The molecule has 1 atom stereocenters. The number of ether oxygens (including phenoxy) is 1. The van der Waals surface area contributed by atoms with Crippen molar-refractivity contribution in [2.75, 3.05) is 13.2 Å². The molecule has 0 unspecified atom stereocenters. The lowest BCUT2D eigenvalue weighted by Crippen LogP contribution is -2.37. The molecule has 184 valence electrons. The number of hydrogen-bond acceptors (Lipinski definition) is 5. The van der Waals surface area contributed by atoms with Crippen LogP contribution in [0.4, 0.5) is 0 Å². The van der Waals surface area contributed by atoms with Crippen molar-refractivity contribution < 1.29 is 14.3 Å². The molecule has 3 aromatic rings. The summed E-state index contributed by atoms with van der Waals surface area (Å²) in [6.07, 6.45) is 6.24. The summed E-state index contributed by atoms with van der Waals surface area (Å²) in [5, 5.41) is 3.26. The topological polar surface area (TPSA) is 110 Å². The van der Waals surface area contributed by atoms with Gasteiger partial charge in [-0.05, 0) is 69.2 Å². The smallest absolute Gasteiger partial charge is 0.338 e. The van der Waals surface area contributed by atoms with E-state index in [1.165, 1.54) is 0 Å². The van der Waals surface area contributed by atoms with E-state index in [0.29, 0.717) is 36.9 Å². The highest BCUT2D eigenvalue weighted by molar-refractivity contribution is 5.90. The Morgan fingerprint density at radius 3 is 2.46 bits per heavy atom. The molecule has 35 heavy (non-hydrogen) atoms. The molecule has 4 rings (SSSR count). The summed E-state index contributed by atoms with van der Waals surface area (Å²) in [4.78, 5) is 33.2. The van der Waals surface area contributed by atoms with Gasteiger partial charge >= 0.3 is 5.97 Å². The minimum absolute atomic E-state index is 0.0147. The summed E-state index contributed by atoms with van der Waals surface area (Å²) in [7, 11) is 0. The number of carbonyl (C=O) groups excluding carboxylic acids is 2. The van der Waals surface area contributed by atoms with Crippen LogP contribution in [0.15, 0.2) is 60.8 Å². The number of nitrogens with two attached hydrogens (primary N) is 1. The zero-order valence-corrected chi connectivity index (χ0v) is 20.2. The Morgan fingerprint density at radius 2 is 1.80 bits per heavy atom. The Morgan fingerprint density at radius 1 is 1.09 bits per heavy atom. The number of aromatic amines is 1. The van der Waals surface area contributed by atoms with Gasteiger partial charge in [-0.15, -0.1) is 0 Å². The Bertz CT molecular complexity index is 1100. The molecule has 7 heteroatoms. The van der Waals surface area contributed by atoms with Crippen LogP contribution in [0.3, 0.4) is 0 Å². The monoisotopic (exact) mass is 474 g/mol. The molecule has 1 saturated carbocycles. The van der Waals surface area contributed by atoms with Gasteiger partial charge < -0.3 is 20.8 Å². The molecule has 0 radical (unpaired) electrons. The van der Waals surface area contributed by atoms with Crippen LogP contribution in [-0.4, -0.2) is 35.0 Å². The first kappa shape index (κ1) is 24.7. The van der Waals surface area contributed by atoms with Crippen LogP contribution < -0.4 is 11.1 Å². The lowest BCUT2D eigenvalue weighted by molar-refractivity contribution is -0.127. The van der Waals surface area contributed by atoms with Crippen molar-refractivity contribution in [3.8, 4) is 11.3 Å². The predicted octanol–water partition coefficient (Wildman–Crippen LogP) is 4.42. The van der Waals surface area contributed by atoms with Crippen molar-refractivity contribution in [2.45, 2.75) is 45.1 Å². The number of carbonyl (C=O) groups is 2. The number of aromatic nitrogens is 2. The summed E-state index contributed by atoms with van der Waals surface area (Å²) in [5.74, 6) is 0.997. The van der Waals surface area contributed by atoms with Crippen LogP contribution in [0.2, 0.25) is 0 Å². The van der Waals surface area contributed by atoms with E-state index >= 15 is 0 Å². The largest absolute Gasteiger partial charge is 0.462 e. The summed E-state index contributed by atoms with van der Waals surface area (Å²) in [6.45, 7) is 2.82. The van der Waals surface area contributed by atoms with Gasteiger partial charge in [-0.3, -0.25) is 4.79 Å². The number of nitrogens with one attached hydrogen (secondary N) is 2. The number of rotatable bonds is 9. The van der Waals surface area contributed by atoms with Crippen LogP contribution in [0.5, 0.6) is 0 Å². The summed E-state index contributed by atoms with van der Waals surface area (Å²) >= 11 is 0. The van der Waals surface area contributed by atoms with Crippen molar-refractivity contribution in [2.24, 2.45) is 17.6 Å². The molecule has 1 aliphatic rings. The van der Waals surface area contributed by atoms with Gasteiger partial charge in [-0.25, -0.2) is 9.78 Å². The summed E-state index contributed by atoms with van der Waals surface area (Å²) < 4.78 is 5.06. The predicted molar refractivity (Wildman–Crippen MR) is 136 cm³/mol. The van der Waals surface area contributed by atoms with Gasteiger partial charge in [0.15, 0.2) is 0 Å². The van der Waals surface area contributed by atoms with Crippen LogP contribution in [0.1, 0.15) is 60.4 Å². The van der Waals surface area contributed by atoms with E-state index in [2.05, 4.69) is 22.4 Å². The van der Waals surface area contributed by atoms with Crippen molar-refractivity contribution in [1.82, 2.24) is 15.3 Å². The molecule has 0 saturated heterocycles. The molecule has 7 nitrogen and oxygen atoms in total. The van der Waals surface area contributed by atoms with Crippen molar-refractivity contribution in [1.29, 1.82) is 0 Å². The standard InChI is InChI=1S/C28H34N4O3/c1-2-35-28(34)23-14-12-21(13-15-23)25-18-30-26(31-25)24(16-19-6-4-3-5-7-19)32-27(33)22-10-8-20(17-29)9-11-22/h3-7,12-15,18,20,22,24H,2,8-11,16-17,29H2,1H3,(H,30,31)(H,32,33)/t20?,22?,24-/m0/s1. The average Bonchev–Trinajstić information content (AvgIpc) is 3.39. The highest BCUT2D eigenvalue weighted by Crippen LogP contribution is 2.29. The van der Waals surface area contributed by atoms with E-state index < -0.39 is 0 Å². The second-order valence-electron chi connectivity index (χ2n) is 9.17. The fraction of sp³-hybridized carbons (Fsp3) is 0.393.